The second-order valence-corrected chi connectivity index (χ2v) is 3.51. The Morgan fingerprint density at radius 1 is 1.50 bits per heavy atom. The summed E-state index contributed by atoms with van der Waals surface area (Å²) in [6, 6.07) is 1.79. The molecule has 1 amide bonds. The number of thioether (sulfide) groups is 1. The van der Waals surface area contributed by atoms with Crippen LogP contribution < -0.4 is 0 Å². The number of hydrogen-bond donors (Lipinski definition) is 0. The van der Waals surface area contributed by atoms with E-state index in [9.17, 15) is 4.79 Å². The normalized spacial score (nSPS) is 16.5. The minimum absolute atomic E-state index is 0.152. The zero-order chi connectivity index (χ0) is 9.97. The van der Waals surface area contributed by atoms with Gasteiger partial charge < -0.3 is 4.42 Å². The molecule has 1 aromatic heterocycles. The molecule has 0 atom stereocenters. The summed E-state index contributed by atoms with van der Waals surface area (Å²) in [5, 5.41) is 0.512. The lowest BCUT2D eigenvalue weighted by Crippen LogP contribution is -2.14. The van der Waals surface area contributed by atoms with Crippen molar-refractivity contribution in [2.24, 2.45) is 9.98 Å². The molecule has 72 valence electrons. The van der Waals surface area contributed by atoms with Crippen LogP contribution in [-0.4, -0.2) is 23.0 Å². The first-order valence-electron chi connectivity index (χ1n) is 4.05. The molecule has 0 aliphatic carbocycles. The summed E-state index contributed by atoms with van der Waals surface area (Å²) in [5.41, 5.74) is 1.57. The van der Waals surface area contributed by atoms with Crippen molar-refractivity contribution >= 4 is 28.5 Å². The summed E-state index contributed by atoms with van der Waals surface area (Å²) in [4.78, 5) is 19.3. The SMILES string of the molecule is CSC1=NC(=O)CC(c2ccoc2)=N1. The predicted octanol–water partition coefficient (Wildman–Crippen LogP) is 1.72. The van der Waals surface area contributed by atoms with Gasteiger partial charge in [0.15, 0.2) is 5.17 Å². The third-order valence-corrected chi connectivity index (χ3v) is 2.35. The molecule has 0 saturated heterocycles. The number of amides is 1. The van der Waals surface area contributed by atoms with E-state index >= 15 is 0 Å². The molecule has 0 spiro atoms. The summed E-state index contributed by atoms with van der Waals surface area (Å²) in [7, 11) is 0. The summed E-state index contributed by atoms with van der Waals surface area (Å²) in [6.07, 6.45) is 5.24. The van der Waals surface area contributed by atoms with Crippen LogP contribution in [0.3, 0.4) is 0 Å². The zero-order valence-corrected chi connectivity index (χ0v) is 8.37. The van der Waals surface area contributed by atoms with Gasteiger partial charge in [-0.25, -0.2) is 4.99 Å². The Morgan fingerprint density at radius 2 is 2.36 bits per heavy atom. The van der Waals surface area contributed by atoms with Gasteiger partial charge in [0.25, 0.3) is 5.91 Å². The summed E-state index contributed by atoms with van der Waals surface area (Å²) < 4.78 is 4.93. The van der Waals surface area contributed by atoms with Crippen molar-refractivity contribution in [3.63, 3.8) is 0 Å². The third kappa shape index (κ3) is 1.77. The van der Waals surface area contributed by atoms with E-state index < -0.39 is 0 Å². The minimum Gasteiger partial charge on any atom is -0.472 e. The van der Waals surface area contributed by atoms with E-state index in [1.54, 1.807) is 18.6 Å². The van der Waals surface area contributed by atoms with Crippen molar-refractivity contribution in [2.45, 2.75) is 6.42 Å². The number of carbonyl (C=O) groups excluding carboxylic acids is 1. The fourth-order valence-corrected chi connectivity index (χ4v) is 1.55. The molecule has 0 bridgehead atoms. The second-order valence-electron chi connectivity index (χ2n) is 2.74. The Hall–Kier alpha value is -1.36. The molecule has 0 fully saturated rings. The van der Waals surface area contributed by atoms with Crippen LogP contribution in [0.5, 0.6) is 0 Å². The van der Waals surface area contributed by atoms with E-state index in [1.165, 1.54) is 11.8 Å². The van der Waals surface area contributed by atoms with Crippen LogP contribution in [-0.2, 0) is 4.79 Å². The van der Waals surface area contributed by atoms with Crippen LogP contribution in [0.1, 0.15) is 12.0 Å². The lowest BCUT2D eigenvalue weighted by Gasteiger charge is -2.07. The Kier molecular flexibility index (Phi) is 2.49. The van der Waals surface area contributed by atoms with Gasteiger partial charge in [0.1, 0.15) is 0 Å². The van der Waals surface area contributed by atoms with Gasteiger partial charge >= 0.3 is 0 Å². The molecule has 1 aliphatic heterocycles. The molecule has 2 rings (SSSR count). The lowest BCUT2D eigenvalue weighted by atomic mass is 10.1. The first-order chi connectivity index (χ1) is 6.79. The average Bonchev–Trinajstić information content (AvgIpc) is 2.69. The van der Waals surface area contributed by atoms with Gasteiger partial charge in [0.05, 0.1) is 24.7 Å². The minimum atomic E-state index is -0.152. The number of furan rings is 1. The Labute approximate surface area is 85.1 Å². The molecule has 5 heteroatoms. The molecule has 1 aromatic rings. The molecule has 1 aliphatic rings. The highest BCUT2D eigenvalue weighted by Crippen LogP contribution is 2.14. The van der Waals surface area contributed by atoms with E-state index in [0.717, 1.165) is 11.3 Å². The summed E-state index contributed by atoms with van der Waals surface area (Å²) in [6.45, 7) is 0. The standard InChI is InChI=1S/C9H8N2O2S/c1-14-9-10-7(4-8(12)11-9)6-2-3-13-5-6/h2-3,5H,4H2,1H3. The quantitative estimate of drug-likeness (QED) is 0.706. The number of hydrogen-bond acceptors (Lipinski definition) is 4. The monoisotopic (exact) mass is 208 g/mol. The van der Waals surface area contributed by atoms with Crippen molar-refractivity contribution < 1.29 is 9.21 Å². The van der Waals surface area contributed by atoms with Crippen molar-refractivity contribution in [1.29, 1.82) is 0 Å². The molecule has 0 unspecified atom stereocenters. The second kappa shape index (κ2) is 3.79. The van der Waals surface area contributed by atoms with E-state index in [2.05, 4.69) is 9.98 Å². The van der Waals surface area contributed by atoms with Gasteiger partial charge in [-0.3, -0.25) is 4.79 Å². The maximum atomic E-state index is 11.2. The summed E-state index contributed by atoms with van der Waals surface area (Å²) in [5.74, 6) is -0.152. The highest BCUT2D eigenvalue weighted by atomic mass is 32.2. The lowest BCUT2D eigenvalue weighted by molar-refractivity contribution is -0.116. The van der Waals surface area contributed by atoms with Crippen molar-refractivity contribution in [2.75, 3.05) is 6.26 Å². The molecule has 0 N–H and O–H groups in total. The van der Waals surface area contributed by atoms with Gasteiger partial charge in [0, 0.05) is 5.56 Å². The fourth-order valence-electron chi connectivity index (χ4n) is 1.16. The van der Waals surface area contributed by atoms with Crippen molar-refractivity contribution in [3.05, 3.63) is 24.2 Å². The number of carbonyl (C=O) groups is 1. The van der Waals surface area contributed by atoms with Crippen LogP contribution in [0.25, 0.3) is 0 Å². The van der Waals surface area contributed by atoms with Crippen LogP contribution in [0.2, 0.25) is 0 Å². The van der Waals surface area contributed by atoms with E-state index in [4.69, 9.17) is 4.42 Å². The maximum Gasteiger partial charge on any atom is 0.254 e. The van der Waals surface area contributed by atoms with Crippen LogP contribution in [0.4, 0.5) is 0 Å². The van der Waals surface area contributed by atoms with Crippen LogP contribution >= 0.6 is 11.8 Å². The van der Waals surface area contributed by atoms with Gasteiger partial charge in [-0.1, -0.05) is 11.8 Å². The fraction of sp³-hybridized carbons (Fsp3) is 0.222. The third-order valence-electron chi connectivity index (χ3n) is 1.81. The van der Waals surface area contributed by atoms with Gasteiger partial charge in [-0.15, -0.1) is 0 Å². The number of rotatable bonds is 1. The molecule has 0 saturated carbocycles. The van der Waals surface area contributed by atoms with Gasteiger partial charge in [-0.05, 0) is 12.3 Å². The molecule has 14 heavy (non-hydrogen) atoms. The average molecular weight is 208 g/mol. The maximum absolute atomic E-state index is 11.2. The van der Waals surface area contributed by atoms with Crippen molar-refractivity contribution in [3.8, 4) is 0 Å². The zero-order valence-electron chi connectivity index (χ0n) is 7.56. The van der Waals surface area contributed by atoms with Gasteiger partial charge in [0.2, 0.25) is 0 Å². The molecule has 2 heterocycles. The van der Waals surface area contributed by atoms with E-state index in [1.807, 2.05) is 6.26 Å². The number of aliphatic imine (C=N–C) groups is 2. The molecule has 0 aromatic carbocycles. The van der Waals surface area contributed by atoms with Crippen molar-refractivity contribution in [1.82, 2.24) is 0 Å². The van der Waals surface area contributed by atoms with Crippen LogP contribution in [0.15, 0.2) is 33.0 Å². The predicted molar refractivity (Wildman–Crippen MR) is 55.8 cm³/mol. The van der Waals surface area contributed by atoms with Gasteiger partial charge in [-0.2, -0.15) is 4.99 Å². The number of nitrogens with zero attached hydrogens (tertiary/aromatic N) is 2. The smallest absolute Gasteiger partial charge is 0.254 e. The van der Waals surface area contributed by atoms with Crippen LogP contribution in [0, 0.1) is 0 Å². The Morgan fingerprint density at radius 3 is 3.00 bits per heavy atom. The van der Waals surface area contributed by atoms with E-state index in [-0.39, 0.29) is 12.3 Å². The summed E-state index contributed by atoms with van der Waals surface area (Å²) >= 11 is 1.36. The Balaban J connectivity index is 2.33. The molecular formula is C9H8N2O2S. The molecule has 0 radical (unpaired) electrons. The highest BCUT2D eigenvalue weighted by molar-refractivity contribution is 8.13. The largest absolute Gasteiger partial charge is 0.472 e. The highest BCUT2D eigenvalue weighted by Gasteiger charge is 2.16. The molecule has 4 nitrogen and oxygen atoms in total. The first kappa shape index (κ1) is 9.21. The van der Waals surface area contributed by atoms with E-state index in [0.29, 0.717) is 5.17 Å². The first-order valence-corrected chi connectivity index (χ1v) is 5.27. The topological polar surface area (TPSA) is 54.9 Å². The molecular weight excluding hydrogens is 200 g/mol. The number of amidine groups is 1. The Bertz CT molecular complexity index is 406.